The number of halogens is 2. The molecule has 0 aromatic heterocycles. The molecule has 100 valence electrons. The Bertz CT molecular complexity index is 439. The molecular weight excluding hydrogens is 248 g/mol. The van der Waals surface area contributed by atoms with Crippen LogP contribution in [0.5, 0.6) is 0 Å². The van der Waals surface area contributed by atoms with Gasteiger partial charge in [0.2, 0.25) is 0 Å². The summed E-state index contributed by atoms with van der Waals surface area (Å²) in [5, 5.41) is 29.1. The minimum Gasteiger partial charge on any atom is -0.478 e. The molecule has 0 aliphatic heterocycles. The maximum absolute atomic E-state index is 13.4. The summed E-state index contributed by atoms with van der Waals surface area (Å²) >= 11 is 0. The van der Waals surface area contributed by atoms with Crippen molar-refractivity contribution < 1.29 is 28.9 Å². The van der Waals surface area contributed by atoms with Gasteiger partial charge < -0.3 is 20.6 Å². The second-order valence-electron chi connectivity index (χ2n) is 4.13. The fourth-order valence-corrected chi connectivity index (χ4v) is 1.20. The Kier molecular flexibility index (Phi) is 4.20. The number of carboxylic acid groups (broad SMARTS) is 1. The molecule has 0 spiro atoms. The van der Waals surface area contributed by atoms with Gasteiger partial charge in [0.05, 0.1) is 12.2 Å². The van der Waals surface area contributed by atoms with E-state index in [0.29, 0.717) is 12.1 Å². The molecule has 7 heteroatoms. The highest BCUT2D eigenvalue weighted by Gasteiger charge is 2.21. The molecule has 1 aromatic carbocycles. The third-order valence-electron chi connectivity index (χ3n) is 2.28. The predicted octanol–water partition coefficient (Wildman–Crippen LogP) is 0.818. The van der Waals surface area contributed by atoms with Crippen LogP contribution in [0.4, 0.5) is 14.5 Å². The second-order valence-corrected chi connectivity index (χ2v) is 4.13. The number of carbonyl (C=O) groups is 1. The molecule has 0 radical (unpaired) electrons. The molecule has 1 unspecified atom stereocenters. The van der Waals surface area contributed by atoms with Gasteiger partial charge in [0, 0.05) is 6.54 Å². The summed E-state index contributed by atoms with van der Waals surface area (Å²) in [5.74, 6) is -3.61. The third kappa shape index (κ3) is 3.38. The summed E-state index contributed by atoms with van der Waals surface area (Å²) in [4.78, 5) is 10.6. The van der Waals surface area contributed by atoms with Crippen molar-refractivity contribution in [3.05, 3.63) is 29.3 Å². The number of aliphatic hydroxyl groups excluding tert-OH is 1. The van der Waals surface area contributed by atoms with Crippen molar-refractivity contribution in [3.8, 4) is 0 Å². The summed E-state index contributed by atoms with van der Waals surface area (Å²) in [6.07, 6.45) is 0. The summed E-state index contributed by atoms with van der Waals surface area (Å²) in [6.45, 7) is 0.404. The molecule has 18 heavy (non-hydrogen) atoms. The van der Waals surface area contributed by atoms with E-state index in [-0.39, 0.29) is 6.54 Å². The summed E-state index contributed by atoms with van der Waals surface area (Å²) in [6, 6.07) is 1.34. The molecule has 0 saturated heterocycles. The van der Waals surface area contributed by atoms with Crippen molar-refractivity contribution in [1.29, 1.82) is 0 Å². The summed E-state index contributed by atoms with van der Waals surface area (Å²) in [5.41, 5.74) is -2.59. The van der Waals surface area contributed by atoms with E-state index in [4.69, 9.17) is 10.2 Å². The largest absolute Gasteiger partial charge is 0.478 e. The van der Waals surface area contributed by atoms with Crippen molar-refractivity contribution in [3.63, 3.8) is 0 Å². The van der Waals surface area contributed by atoms with Crippen molar-refractivity contribution >= 4 is 11.7 Å². The maximum atomic E-state index is 13.4. The Labute approximate surface area is 102 Å². The topological polar surface area (TPSA) is 89.8 Å². The smallest absolute Gasteiger partial charge is 0.335 e. The lowest BCUT2D eigenvalue weighted by Gasteiger charge is -2.21. The van der Waals surface area contributed by atoms with Crippen LogP contribution in [0.1, 0.15) is 17.3 Å². The maximum Gasteiger partial charge on any atom is 0.335 e. The lowest BCUT2D eigenvalue weighted by atomic mass is 10.1. The molecule has 1 aromatic rings. The molecule has 4 N–H and O–H groups in total. The van der Waals surface area contributed by atoms with Gasteiger partial charge >= 0.3 is 5.97 Å². The minimum atomic E-state index is -1.54. The summed E-state index contributed by atoms with van der Waals surface area (Å²) < 4.78 is 26.9. The van der Waals surface area contributed by atoms with Crippen LogP contribution in [0.2, 0.25) is 0 Å². The van der Waals surface area contributed by atoms with Crippen molar-refractivity contribution in [2.75, 3.05) is 18.5 Å². The standard InChI is InChI=1S/C11H13F2NO4/c1-11(18,5-15)4-14-9-7(12)2-6(10(16)17)3-8(9)13/h2-3,14-15,18H,4-5H2,1H3,(H,16,17). The average Bonchev–Trinajstić information content (AvgIpc) is 2.27. The first kappa shape index (κ1) is 14.3. The van der Waals surface area contributed by atoms with Crippen LogP contribution >= 0.6 is 0 Å². The Balaban J connectivity index is 2.94. The number of hydrogen-bond donors (Lipinski definition) is 4. The molecule has 0 aliphatic carbocycles. The molecule has 5 nitrogen and oxygen atoms in total. The van der Waals surface area contributed by atoms with Gasteiger partial charge in [-0.25, -0.2) is 13.6 Å². The van der Waals surface area contributed by atoms with Crippen molar-refractivity contribution in [2.24, 2.45) is 0 Å². The monoisotopic (exact) mass is 261 g/mol. The quantitative estimate of drug-likeness (QED) is 0.630. The van der Waals surface area contributed by atoms with Gasteiger partial charge in [-0.3, -0.25) is 0 Å². The number of nitrogens with one attached hydrogen (secondary N) is 1. The van der Waals surface area contributed by atoms with Crippen LogP contribution in [0.25, 0.3) is 0 Å². The Morgan fingerprint density at radius 1 is 1.39 bits per heavy atom. The van der Waals surface area contributed by atoms with Crippen LogP contribution in [0.15, 0.2) is 12.1 Å². The van der Waals surface area contributed by atoms with E-state index >= 15 is 0 Å². The van der Waals surface area contributed by atoms with Crippen LogP contribution in [-0.4, -0.2) is 40.0 Å². The number of aliphatic hydroxyl groups is 2. The molecule has 0 bridgehead atoms. The molecule has 0 amide bonds. The zero-order chi connectivity index (χ0) is 13.9. The van der Waals surface area contributed by atoms with E-state index in [1.807, 2.05) is 0 Å². The Morgan fingerprint density at radius 2 is 1.89 bits per heavy atom. The van der Waals surface area contributed by atoms with Gasteiger partial charge in [0.1, 0.15) is 22.9 Å². The zero-order valence-electron chi connectivity index (χ0n) is 9.57. The van der Waals surface area contributed by atoms with E-state index < -0.39 is 41.1 Å². The van der Waals surface area contributed by atoms with Crippen LogP contribution in [0, 0.1) is 11.6 Å². The number of carboxylic acids is 1. The highest BCUT2D eigenvalue weighted by atomic mass is 19.1. The Hall–Kier alpha value is -1.73. The number of rotatable bonds is 5. The Morgan fingerprint density at radius 3 is 2.28 bits per heavy atom. The molecule has 1 atom stereocenters. The molecule has 0 aliphatic rings. The summed E-state index contributed by atoms with van der Waals surface area (Å²) in [7, 11) is 0. The molecule has 0 fully saturated rings. The first-order valence-corrected chi connectivity index (χ1v) is 5.06. The number of anilines is 1. The number of benzene rings is 1. The second kappa shape index (κ2) is 5.28. The van der Waals surface area contributed by atoms with Gasteiger partial charge in [0.25, 0.3) is 0 Å². The first-order valence-electron chi connectivity index (χ1n) is 5.06. The fourth-order valence-electron chi connectivity index (χ4n) is 1.20. The van der Waals surface area contributed by atoms with Crippen molar-refractivity contribution in [1.82, 2.24) is 0 Å². The molecule has 1 rings (SSSR count). The fraction of sp³-hybridized carbons (Fsp3) is 0.364. The first-order chi connectivity index (χ1) is 8.26. The predicted molar refractivity (Wildman–Crippen MR) is 59.5 cm³/mol. The highest BCUT2D eigenvalue weighted by molar-refractivity contribution is 5.88. The zero-order valence-corrected chi connectivity index (χ0v) is 9.57. The average molecular weight is 261 g/mol. The van der Waals surface area contributed by atoms with E-state index in [2.05, 4.69) is 5.32 Å². The lowest BCUT2D eigenvalue weighted by molar-refractivity contribution is 0.0131. The highest BCUT2D eigenvalue weighted by Crippen LogP contribution is 2.21. The van der Waals surface area contributed by atoms with Crippen LogP contribution in [-0.2, 0) is 0 Å². The SMILES string of the molecule is CC(O)(CO)CNc1c(F)cc(C(=O)O)cc1F. The van der Waals surface area contributed by atoms with E-state index in [0.717, 1.165) is 0 Å². The van der Waals surface area contributed by atoms with Crippen molar-refractivity contribution in [2.45, 2.75) is 12.5 Å². The number of hydrogen-bond acceptors (Lipinski definition) is 4. The molecular formula is C11H13F2NO4. The van der Waals surface area contributed by atoms with Gasteiger partial charge in [-0.2, -0.15) is 0 Å². The van der Waals surface area contributed by atoms with Gasteiger partial charge in [-0.15, -0.1) is 0 Å². The van der Waals surface area contributed by atoms with E-state index in [9.17, 15) is 18.7 Å². The van der Waals surface area contributed by atoms with Crippen LogP contribution in [0.3, 0.4) is 0 Å². The van der Waals surface area contributed by atoms with E-state index in [1.54, 1.807) is 0 Å². The van der Waals surface area contributed by atoms with Gasteiger partial charge in [0.15, 0.2) is 0 Å². The lowest BCUT2D eigenvalue weighted by Crippen LogP contribution is -2.37. The molecule has 0 heterocycles. The van der Waals surface area contributed by atoms with Gasteiger partial charge in [-0.05, 0) is 19.1 Å². The normalized spacial score (nSPS) is 14.1. The number of aromatic carboxylic acids is 1. The van der Waals surface area contributed by atoms with E-state index in [1.165, 1.54) is 6.92 Å². The third-order valence-corrected chi connectivity index (χ3v) is 2.28. The minimum absolute atomic E-state index is 0.288. The van der Waals surface area contributed by atoms with Crippen LogP contribution < -0.4 is 5.32 Å². The molecule has 0 saturated carbocycles. The van der Waals surface area contributed by atoms with Gasteiger partial charge in [-0.1, -0.05) is 0 Å².